The maximum absolute atomic E-state index is 13.8. The van der Waals surface area contributed by atoms with Crippen LogP contribution in [0, 0.1) is 12.7 Å². The number of aryl methyl sites for hydroxylation is 2. The molecule has 1 atom stereocenters. The van der Waals surface area contributed by atoms with Gasteiger partial charge in [-0.25, -0.2) is 4.39 Å². The van der Waals surface area contributed by atoms with Crippen molar-refractivity contribution in [2.75, 3.05) is 6.54 Å². The quantitative estimate of drug-likeness (QED) is 0.760. The minimum Gasteiger partial charge on any atom is -0.361 e. The van der Waals surface area contributed by atoms with E-state index in [1.807, 2.05) is 6.92 Å². The van der Waals surface area contributed by atoms with Gasteiger partial charge in [-0.05, 0) is 50.9 Å². The first-order valence-electron chi connectivity index (χ1n) is 8.19. The van der Waals surface area contributed by atoms with Crippen molar-refractivity contribution >= 4 is 10.9 Å². The lowest BCUT2D eigenvalue weighted by Gasteiger charge is -2.13. The zero-order valence-corrected chi connectivity index (χ0v) is 13.4. The van der Waals surface area contributed by atoms with Gasteiger partial charge >= 0.3 is 0 Å². The number of rotatable bonds is 3. The van der Waals surface area contributed by atoms with Crippen molar-refractivity contribution < 1.29 is 8.91 Å². The third-order valence-corrected chi connectivity index (χ3v) is 4.73. The Hall–Kier alpha value is -2.14. The van der Waals surface area contributed by atoms with Crippen LogP contribution in [0.15, 0.2) is 22.7 Å². The van der Waals surface area contributed by atoms with E-state index in [-0.39, 0.29) is 11.9 Å². The molecule has 0 spiro atoms. The SMILES string of the molecule is CCc1noc(C)c1-c1[nH]c2ccc(F)cc2c1C1CCCN1. The fourth-order valence-electron chi connectivity index (χ4n) is 3.65. The molecule has 0 bridgehead atoms. The van der Waals surface area contributed by atoms with Gasteiger partial charge in [0.05, 0.1) is 17.0 Å². The van der Waals surface area contributed by atoms with E-state index in [0.29, 0.717) is 0 Å². The van der Waals surface area contributed by atoms with Crippen LogP contribution in [0.5, 0.6) is 0 Å². The highest BCUT2D eigenvalue weighted by Gasteiger charge is 2.27. The summed E-state index contributed by atoms with van der Waals surface area (Å²) in [6.07, 6.45) is 2.99. The molecule has 1 aromatic carbocycles. The second-order valence-corrected chi connectivity index (χ2v) is 6.17. The van der Waals surface area contributed by atoms with Crippen LogP contribution in [0.1, 0.15) is 42.8 Å². The third-order valence-electron chi connectivity index (χ3n) is 4.73. The first kappa shape index (κ1) is 14.5. The van der Waals surface area contributed by atoms with Gasteiger partial charge in [-0.1, -0.05) is 12.1 Å². The Kier molecular flexibility index (Phi) is 3.45. The highest BCUT2D eigenvalue weighted by atomic mass is 19.1. The van der Waals surface area contributed by atoms with Crippen molar-refractivity contribution in [3.05, 3.63) is 41.0 Å². The van der Waals surface area contributed by atoms with Gasteiger partial charge in [0.2, 0.25) is 0 Å². The number of H-pyrrole nitrogens is 1. The van der Waals surface area contributed by atoms with E-state index in [0.717, 1.165) is 65.0 Å². The number of aromatic amines is 1. The molecule has 3 aromatic rings. The number of nitrogens with one attached hydrogen (secondary N) is 2. The normalized spacial score (nSPS) is 18.1. The molecule has 23 heavy (non-hydrogen) atoms. The monoisotopic (exact) mass is 313 g/mol. The molecule has 1 fully saturated rings. The average molecular weight is 313 g/mol. The Bertz CT molecular complexity index is 859. The van der Waals surface area contributed by atoms with Crippen molar-refractivity contribution in [3.63, 3.8) is 0 Å². The predicted molar refractivity (Wildman–Crippen MR) is 87.8 cm³/mol. The molecular weight excluding hydrogens is 293 g/mol. The Labute approximate surface area is 134 Å². The van der Waals surface area contributed by atoms with Gasteiger partial charge in [0.15, 0.2) is 0 Å². The van der Waals surface area contributed by atoms with Crippen molar-refractivity contribution in [3.8, 4) is 11.3 Å². The minimum absolute atomic E-state index is 0.208. The highest BCUT2D eigenvalue weighted by molar-refractivity contribution is 5.92. The van der Waals surface area contributed by atoms with Gasteiger partial charge in [0.1, 0.15) is 11.6 Å². The molecular formula is C18H20FN3O. The molecule has 2 N–H and O–H groups in total. The number of hydrogen-bond donors (Lipinski definition) is 2. The molecule has 0 saturated carbocycles. The second-order valence-electron chi connectivity index (χ2n) is 6.17. The van der Waals surface area contributed by atoms with E-state index in [4.69, 9.17) is 4.52 Å². The molecule has 3 heterocycles. The fraction of sp³-hybridized carbons (Fsp3) is 0.389. The zero-order chi connectivity index (χ0) is 16.0. The Morgan fingerprint density at radius 2 is 2.26 bits per heavy atom. The van der Waals surface area contributed by atoms with E-state index < -0.39 is 0 Å². The van der Waals surface area contributed by atoms with Crippen LogP contribution in [0.4, 0.5) is 4.39 Å². The van der Waals surface area contributed by atoms with Crippen LogP contribution in [0.3, 0.4) is 0 Å². The Morgan fingerprint density at radius 3 is 3.00 bits per heavy atom. The third kappa shape index (κ3) is 2.27. The number of benzene rings is 1. The molecule has 1 unspecified atom stereocenters. The smallest absolute Gasteiger partial charge is 0.143 e. The Morgan fingerprint density at radius 1 is 1.39 bits per heavy atom. The van der Waals surface area contributed by atoms with E-state index in [1.54, 1.807) is 12.1 Å². The first-order valence-corrected chi connectivity index (χ1v) is 8.19. The number of fused-ring (bicyclic) bond motifs is 1. The van der Waals surface area contributed by atoms with Crippen molar-refractivity contribution in [1.82, 2.24) is 15.5 Å². The second kappa shape index (κ2) is 5.49. The molecule has 0 radical (unpaired) electrons. The summed E-state index contributed by atoms with van der Waals surface area (Å²) in [5, 5.41) is 8.66. The van der Waals surface area contributed by atoms with Gasteiger partial charge in [-0.2, -0.15) is 0 Å². The van der Waals surface area contributed by atoms with Crippen LogP contribution < -0.4 is 5.32 Å². The van der Waals surface area contributed by atoms with E-state index >= 15 is 0 Å². The van der Waals surface area contributed by atoms with E-state index in [9.17, 15) is 4.39 Å². The van der Waals surface area contributed by atoms with E-state index in [2.05, 4.69) is 22.4 Å². The summed E-state index contributed by atoms with van der Waals surface area (Å²) >= 11 is 0. The largest absolute Gasteiger partial charge is 0.361 e. The molecule has 1 aliphatic heterocycles. The van der Waals surface area contributed by atoms with Crippen LogP contribution in [0.2, 0.25) is 0 Å². The lowest BCUT2D eigenvalue weighted by Crippen LogP contribution is -2.13. The number of nitrogens with zero attached hydrogens (tertiary/aromatic N) is 1. The number of aromatic nitrogens is 2. The number of halogens is 1. The molecule has 5 heteroatoms. The Balaban J connectivity index is 2.01. The molecule has 120 valence electrons. The van der Waals surface area contributed by atoms with Gasteiger partial charge in [-0.15, -0.1) is 0 Å². The standard InChI is InChI=1S/C18H20FN3O/c1-3-13-16(10(2)23-22-13)18-17(15-5-4-8-20-15)12-9-11(19)6-7-14(12)21-18/h6-7,9,15,20-21H,3-5,8H2,1-2H3. The summed E-state index contributed by atoms with van der Waals surface area (Å²) in [5.41, 5.74) is 5.06. The maximum atomic E-state index is 13.8. The number of hydrogen-bond acceptors (Lipinski definition) is 3. The first-order chi connectivity index (χ1) is 11.2. The summed E-state index contributed by atoms with van der Waals surface area (Å²) < 4.78 is 19.2. The molecule has 0 aliphatic carbocycles. The van der Waals surface area contributed by atoms with Gasteiger partial charge in [-0.3, -0.25) is 0 Å². The highest BCUT2D eigenvalue weighted by Crippen LogP contribution is 2.40. The molecule has 2 aromatic heterocycles. The minimum atomic E-state index is -0.208. The molecule has 0 amide bonds. The predicted octanol–water partition coefficient (Wildman–Crippen LogP) is 4.26. The van der Waals surface area contributed by atoms with Gasteiger partial charge in [0, 0.05) is 22.5 Å². The van der Waals surface area contributed by atoms with Crippen molar-refractivity contribution in [2.45, 2.75) is 39.2 Å². The zero-order valence-electron chi connectivity index (χ0n) is 13.4. The van der Waals surface area contributed by atoms with Crippen molar-refractivity contribution in [2.24, 2.45) is 0 Å². The summed E-state index contributed by atoms with van der Waals surface area (Å²) in [5.74, 6) is 0.591. The topological polar surface area (TPSA) is 53.9 Å². The van der Waals surface area contributed by atoms with Gasteiger partial charge in [0.25, 0.3) is 0 Å². The van der Waals surface area contributed by atoms with Gasteiger partial charge < -0.3 is 14.8 Å². The van der Waals surface area contributed by atoms with Crippen molar-refractivity contribution in [1.29, 1.82) is 0 Å². The molecule has 1 aliphatic rings. The van der Waals surface area contributed by atoms with E-state index in [1.165, 1.54) is 6.07 Å². The summed E-state index contributed by atoms with van der Waals surface area (Å²) in [4.78, 5) is 3.48. The molecule has 4 rings (SSSR count). The fourth-order valence-corrected chi connectivity index (χ4v) is 3.65. The average Bonchev–Trinajstić information content (AvgIpc) is 3.24. The van der Waals surface area contributed by atoms with Crippen LogP contribution in [-0.2, 0) is 6.42 Å². The lowest BCUT2D eigenvalue weighted by molar-refractivity contribution is 0.391. The summed E-state index contributed by atoms with van der Waals surface area (Å²) in [7, 11) is 0. The lowest BCUT2D eigenvalue weighted by atomic mass is 9.96. The maximum Gasteiger partial charge on any atom is 0.143 e. The summed E-state index contributed by atoms with van der Waals surface area (Å²) in [6.45, 7) is 4.99. The summed E-state index contributed by atoms with van der Waals surface area (Å²) in [6, 6.07) is 5.16. The van der Waals surface area contributed by atoms with Crippen LogP contribution in [0.25, 0.3) is 22.2 Å². The molecule has 4 nitrogen and oxygen atoms in total. The molecule has 1 saturated heterocycles. The van der Waals surface area contributed by atoms with Crippen LogP contribution >= 0.6 is 0 Å². The van der Waals surface area contributed by atoms with Crippen LogP contribution in [-0.4, -0.2) is 16.7 Å².